The molecule has 5 nitrogen and oxygen atoms in total. The molecule has 0 unspecified atom stereocenters. The van der Waals surface area contributed by atoms with Gasteiger partial charge in [0.1, 0.15) is 12.1 Å². The number of carbonyl (C=O) groups is 2. The summed E-state index contributed by atoms with van der Waals surface area (Å²) in [7, 11) is 0. The molecule has 2 atom stereocenters. The maximum atomic E-state index is 11.6. The average molecular weight is 274 g/mol. The summed E-state index contributed by atoms with van der Waals surface area (Å²) in [4.78, 5) is 23.1. The van der Waals surface area contributed by atoms with Crippen LogP contribution in [0.1, 0.15) is 31.7 Å². The summed E-state index contributed by atoms with van der Waals surface area (Å²) in [5.41, 5.74) is 2.89. The molecule has 2 heterocycles. The summed E-state index contributed by atoms with van der Waals surface area (Å²) in [5, 5.41) is 6.12. The van der Waals surface area contributed by atoms with Crippen LogP contribution in [-0.4, -0.2) is 24.0 Å². The van der Waals surface area contributed by atoms with Crippen LogP contribution in [0.5, 0.6) is 0 Å². The van der Waals surface area contributed by atoms with E-state index >= 15 is 0 Å². The van der Waals surface area contributed by atoms with Gasteiger partial charge in [0.15, 0.2) is 0 Å². The smallest absolute Gasteiger partial charge is 0.328 e. The van der Waals surface area contributed by atoms with E-state index in [1.807, 2.05) is 25.1 Å². The van der Waals surface area contributed by atoms with Gasteiger partial charge in [0.2, 0.25) is 5.91 Å². The Morgan fingerprint density at radius 1 is 1.30 bits per heavy atom. The lowest BCUT2D eigenvalue weighted by Gasteiger charge is -2.13. The van der Waals surface area contributed by atoms with E-state index in [-0.39, 0.29) is 24.0 Å². The van der Waals surface area contributed by atoms with Crippen molar-refractivity contribution < 1.29 is 14.3 Å². The first-order valence-electron chi connectivity index (χ1n) is 7.01. The molecule has 1 fully saturated rings. The van der Waals surface area contributed by atoms with Crippen molar-refractivity contribution in [1.29, 1.82) is 0 Å². The number of esters is 1. The summed E-state index contributed by atoms with van der Waals surface area (Å²) in [6.07, 6.45) is 2.94. The summed E-state index contributed by atoms with van der Waals surface area (Å²) < 4.78 is 5.13. The summed E-state index contributed by atoms with van der Waals surface area (Å²) in [6, 6.07) is 5.52. The predicted octanol–water partition coefficient (Wildman–Crippen LogP) is 2.08. The zero-order chi connectivity index (χ0) is 14.1. The Labute approximate surface area is 117 Å². The highest BCUT2D eigenvalue weighted by Crippen LogP contribution is 2.27. The van der Waals surface area contributed by atoms with Gasteiger partial charge in [-0.05, 0) is 43.5 Å². The molecule has 1 aromatic carbocycles. The van der Waals surface area contributed by atoms with E-state index in [1.165, 1.54) is 0 Å². The third-order valence-electron chi connectivity index (χ3n) is 3.74. The summed E-state index contributed by atoms with van der Waals surface area (Å²) >= 11 is 0. The monoisotopic (exact) mass is 274 g/mol. The number of nitrogens with one attached hydrogen (secondary N) is 2. The molecule has 1 aromatic rings. The molecule has 3 rings (SSSR count). The van der Waals surface area contributed by atoms with E-state index < -0.39 is 0 Å². The van der Waals surface area contributed by atoms with Crippen molar-refractivity contribution in [3.8, 4) is 0 Å². The van der Waals surface area contributed by atoms with Crippen LogP contribution < -0.4 is 10.6 Å². The second kappa shape index (κ2) is 5.15. The van der Waals surface area contributed by atoms with Crippen LogP contribution >= 0.6 is 0 Å². The number of fused-ring (bicyclic) bond motifs is 1. The quantitative estimate of drug-likeness (QED) is 0.810. The number of ether oxygens (including phenoxy) is 1. The maximum absolute atomic E-state index is 11.6. The molecule has 0 bridgehead atoms. The molecule has 5 heteroatoms. The molecule has 0 radical (unpaired) electrons. The van der Waals surface area contributed by atoms with E-state index in [4.69, 9.17) is 4.74 Å². The predicted molar refractivity (Wildman–Crippen MR) is 75.6 cm³/mol. The Kier molecular flexibility index (Phi) is 3.34. The molecule has 1 saturated heterocycles. The Bertz CT molecular complexity index is 556. The van der Waals surface area contributed by atoms with Crippen molar-refractivity contribution in [2.45, 2.75) is 44.8 Å². The van der Waals surface area contributed by atoms with Gasteiger partial charge < -0.3 is 15.4 Å². The number of aryl methyl sites for hydroxylation is 1. The van der Waals surface area contributed by atoms with E-state index in [1.54, 1.807) is 0 Å². The minimum Gasteiger partial charge on any atom is -0.461 e. The topological polar surface area (TPSA) is 67.4 Å². The van der Waals surface area contributed by atoms with Gasteiger partial charge >= 0.3 is 5.97 Å². The average Bonchev–Trinajstić information content (AvgIpc) is 2.59. The molecule has 20 heavy (non-hydrogen) atoms. The van der Waals surface area contributed by atoms with Gasteiger partial charge in [-0.25, -0.2) is 4.79 Å². The number of anilines is 2. The SMILES string of the molecule is C[C@@H]1C[C@@H](Nc2ccc3c(c2)CCCC(=O)N3)C(=O)O1. The first-order valence-corrected chi connectivity index (χ1v) is 7.01. The number of hydrogen-bond donors (Lipinski definition) is 2. The van der Waals surface area contributed by atoms with Crippen LogP contribution in [-0.2, 0) is 20.7 Å². The fourth-order valence-electron chi connectivity index (χ4n) is 2.74. The summed E-state index contributed by atoms with van der Waals surface area (Å²) in [6.45, 7) is 1.89. The lowest BCUT2D eigenvalue weighted by molar-refractivity contribution is -0.141. The van der Waals surface area contributed by atoms with Crippen molar-refractivity contribution in [3.05, 3.63) is 23.8 Å². The third kappa shape index (κ3) is 2.61. The third-order valence-corrected chi connectivity index (χ3v) is 3.74. The molecule has 106 valence electrons. The van der Waals surface area contributed by atoms with Crippen LogP contribution in [0.25, 0.3) is 0 Å². The van der Waals surface area contributed by atoms with Crippen LogP contribution in [0.3, 0.4) is 0 Å². The largest absolute Gasteiger partial charge is 0.461 e. The number of benzene rings is 1. The fourth-order valence-corrected chi connectivity index (χ4v) is 2.74. The van der Waals surface area contributed by atoms with Crippen LogP contribution in [0.4, 0.5) is 11.4 Å². The van der Waals surface area contributed by atoms with Gasteiger partial charge in [0.25, 0.3) is 0 Å². The van der Waals surface area contributed by atoms with Crippen molar-refractivity contribution in [2.75, 3.05) is 10.6 Å². The van der Waals surface area contributed by atoms with Crippen molar-refractivity contribution >= 4 is 23.3 Å². The Hall–Kier alpha value is -2.04. The first kappa shape index (κ1) is 13.0. The zero-order valence-electron chi connectivity index (χ0n) is 11.4. The van der Waals surface area contributed by atoms with E-state index in [0.717, 1.165) is 29.8 Å². The van der Waals surface area contributed by atoms with Crippen LogP contribution in [0.2, 0.25) is 0 Å². The molecule has 2 aliphatic rings. The highest BCUT2D eigenvalue weighted by molar-refractivity contribution is 5.92. The molecule has 0 aromatic heterocycles. The maximum Gasteiger partial charge on any atom is 0.328 e. The van der Waals surface area contributed by atoms with Gasteiger partial charge in [0, 0.05) is 24.2 Å². The van der Waals surface area contributed by atoms with Gasteiger partial charge in [0.05, 0.1) is 0 Å². The number of carbonyl (C=O) groups excluding carboxylic acids is 2. The van der Waals surface area contributed by atoms with Crippen molar-refractivity contribution in [1.82, 2.24) is 0 Å². The molecule has 0 aliphatic carbocycles. The second-order valence-electron chi connectivity index (χ2n) is 5.45. The fraction of sp³-hybridized carbons (Fsp3) is 0.467. The first-order chi connectivity index (χ1) is 9.61. The summed E-state index contributed by atoms with van der Waals surface area (Å²) in [5.74, 6) is -0.126. The highest BCUT2D eigenvalue weighted by atomic mass is 16.6. The van der Waals surface area contributed by atoms with Crippen LogP contribution in [0, 0.1) is 0 Å². The van der Waals surface area contributed by atoms with E-state index in [0.29, 0.717) is 12.8 Å². The Balaban J connectivity index is 1.77. The molecule has 0 saturated carbocycles. The number of rotatable bonds is 2. The number of cyclic esters (lactones) is 1. The van der Waals surface area contributed by atoms with Crippen LogP contribution in [0.15, 0.2) is 18.2 Å². The normalized spacial score (nSPS) is 25.4. The van der Waals surface area contributed by atoms with Gasteiger partial charge in [-0.15, -0.1) is 0 Å². The lowest BCUT2D eigenvalue weighted by atomic mass is 10.1. The molecular formula is C15H18N2O3. The van der Waals surface area contributed by atoms with Crippen molar-refractivity contribution in [2.24, 2.45) is 0 Å². The van der Waals surface area contributed by atoms with Gasteiger partial charge in [-0.2, -0.15) is 0 Å². The number of amides is 1. The minimum absolute atomic E-state index is 0.0277. The van der Waals surface area contributed by atoms with E-state index in [2.05, 4.69) is 10.6 Å². The molecule has 2 aliphatic heterocycles. The second-order valence-corrected chi connectivity index (χ2v) is 5.45. The molecule has 1 amide bonds. The molecular weight excluding hydrogens is 256 g/mol. The lowest BCUT2D eigenvalue weighted by Crippen LogP contribution is -2.24. The highest BCUT2D eigenvalue weighted by Gasteiger charge is 2.31. The van der Waals surface area contributed by atoms with Gasteiger partial charge in [-0.3, -0.25) is 4.79 Å². The Morgan fingerprint density at radius 2 is 2.15 bits per heavy atom. The molecule has 2 N–H and O–H groups in total. The molecule has 0 spiro atoms. The minimum atomic E-state index is -0.275. The van der Waals surface area contributed by atoms with E-state index in [9.17, 15) is 9.59 Å². The standard InChI is InChI=1S/C15H18N2O3/c1-9-7-13(15(19)20-9)16-11-5-6-12-10(8-11)3-2-4-14(18)17-12/h5-6,8-9,13,16H,2-4,7H2,1H3,(H,17,18)/t9-,13-/m1/s1. The Morgan fingerprint density at radius 3 is 2.90 bits per heavy atom. The van der Waals surface area contributed by atoms with Gasteiger partial charge in [-0.1, -0.05) is 0 Å². The van der Waals surface area contributed by atoms with Crippen molar-refractivity contribution in [3.63, 3.8) is 0 Å². The number of hydrogen-bond acceptors (Lipinski definition) is 4. The zero-order valence-corrected chi connectivity index (χ0v) is 11.4.